The van der Waals surface area contributed by atoms with Gasteiger partial charge in [-0.05, 0) is 32.5 Å². The topological polar surface area (TPSA) is 36.4 Å². The van der Waals surface area contributed by atoms with Crippen LogP contribution in [0.5, 0.6) is 0 Å². The van der Waals surface area contributed by atoms with Crippen LogP contribution in [-0.4, -0.2) is 34.7 Å². The summed E-state index contributed by atoms with van der Waals surface area (Å²) in [5.74, 6) is -0.240. The number of halogens is 1. The number of benzene rings is 1. The van der Waals surface area contributed by atoms with Crippen molar-refractivity contribution >= 4 is 11.3 Å². The summed E-state index contributed by atoms with van der Waals surface area (Å²) in [6.45, 7) is 3.30. The highest BCUT2D eigenvalue weighted by Crippen LogP contribution is 2.26. The molecule has 0 aliphatic heterocycles. The molecule has 1 aromatic carbocycles. The summed E-state index contributed by atoms with van der Waals surface area (Å²) in [5, 5.41) is 11.9. The molecule has 0 saturated carbocycles. The molecular weight excluding hydrogens is 275 g/mol. The lowest BCUT2D eigenvalue weighted by Gasteiger charge is -2.15. The number of aromatic nitrogens is 1. The molecule has 0 aliphatic carbocycles. The lowest BCUT2D eigenvalue weighted by Crippen LogP contribution is -2.22. The third-order valence-electron chi connectivity index (χ3n) is 3.02. The van der Waals surface area contributed by atoms with Crippen LogP contribution in [0.2, 0.25) is 0 Å². The Labute approximate surface area is 122 Å². The molecule has 0 amide bonds. The van der Waals surface area contributed by atoms with Crippen molar-refractivity contribution < 1.29 is 9.50 Å². The number of hydrogen-bond donors (Lipinski definition) is 1. The molecular formula is C15H19FN2OS. The summed E-state index contributed by atoms with van der Waals surface area (Å²) in [6.07, 6.45) is 0.447. The molecule has 1 unspecified atom stereocenters. The first kappa shape index (κ1) is 15.1. The highest BCUT2D eigenvalue weighted by Gasteiger charge is 2.10. The van der Waals surface area contributed by atoms with Crippen molar-refractivity contribution in [3.05, 3.63) is 41.2 Å². The van der Waals surface area contributed by atoms with Gasteiger partial charge in [-0.25, -0.2) is 9.37 Å². The second-order valence-corrected chi connectivity index (χ2v) is 5.86. The Bertz CT molecular complexity index is 556. The van der Waals surface area contributed by atoms with Crippen LogP contribution in [0.3, 0.4) is 0 Å². The summed E-state index contributed by atoms with van der Waals surface area (Å²) in [5.41, 5.74) is 1.48. The van der Waals surface area contributed by atoms with Gasteiger partial charge in [0.15, 0.2) is 0 Å². The molecule has 2 rings (SSSR count). The zero-order chi connectivity index (χ0) is 14.5. The van der Waals surface area contributed by atoms with Gasteiger partial charge in [0.2, 0.25) is 0 Å². The maximum absolute atomic E-state index is 13.7. The van der Waals surface area contributed by atoms with Crippen molar-refractivity contribution in [3.8, 4) is 10.6 Å². The van der Waals surface area contributed by atoms with Gasteiger partial charge in [-0.3, -0.25) is 0 Å². The molecule has 20 heavy (non-hydrogen) atoms. The molecule has 108 valence electrons. The summed E-state index contributed by atoms with van der Waals surface area (Å²) in [4.78, 5) is 6.59. The monoisotopic (exact) mass is 294 g/mol. The molecule has 0 aliphatic rings. The zero-order valence-corrected chi connectivity index (χ0v) is 12.5. The molecule has 1 aromatic heterocycles. The summed E-state index contributed by atoms with van der Waals surface area (Å²) < 4.78 is 13.7. The number of hydrogen-bond acceptors (Lipinski definition) is 4. The smallest absolute Gasteiger partial charge is 0.133 e. The van der Waals surface area contributed by atoms with Gasteiger partial charge in [0.1, 0.15) is 10.8 Å². The first-order valence-electron chi connectivity index (χ1n) is 6.62. The Kier molecular flexibility index (Phi) is 5.23. The third-order valence-corrected chi connectivity index (χ3v) is 3.94. The molecule has 3 nitrogen and oxygen atoms in total. The van der Waals surface area contributed by atoms with Crippen molar-refractivity contribution in [2.75, 3.05) is 13.6 Å². The van der Waals surface area contributed by atoms with Crippen LogP contribution in [0.4, 0.5) is 4.39 Å². The van der Waals surface area contributed by atoms with E-state index >= 15 is 0 Å². The van der Waals surface area contributed by atoms with E-state index < -0.39 is 0 Å². The zero-order valence-electron chi connectivity index (χ0n) is 11.7. The molecule has 2 aromatic rings. The number of rotatable bonds is 6. The highest BCUT2D eigenvalue weighted by atomic mass is 32.1. The minimum Gasteiger partial charge on any atom is -0.393 e. The van der Waals surface area contributed by atoms with E-state index in [1.165, 1.54) is 17.4 Å². The first-order valence-corrected chi connectivity index (χ1v) is 7.50. The molecule has 0 radical (unpaired) electrons. The Morgan fingerprint density at radius 3 is 2.85 bits per heavy atom. The molecule has 0 bridgehead atoms. The standard InChI is InChI=1S/C15H19FN2OS/c1-11(19)7-8-18(2)9-12-10-20-15(17-12)13-5-3-4-6-14(13)16/h3-6,10-11,19H,7-9H2,1-2H3. The Morgan fingerprint density at radius 1 is 1.40 bits per heavy atom. The maximum atomic E-state index is 13.7. The van der Waals surface area contributed by atoms with Gasteiger partial charge in [-0.2, -0.15) is 0 Å². The van der Waals surface area contributed by atoms with E-state index in [-0.39, 0.29) is 11.9 Å². The van der Waals surface area contributed by atoms with Gasteiger partial charge >= 0.3 is 0 Å². The minimum atomic E-state index is -0.290. The number of aliphatic hydroxyl groups excluding tert-OH is 1. The Balaban J connectivity index is 2.01. The lowest BCUT2D eigenvalue weighted by atomic mass is 10.2. The third kappa shape index (κ3) is 4.10. The average Bonchev–Trinajstić information content (AvgIpc) is 2.85. The summed E-state index contributed by atoms with van der Waals surface area (Å²) >= 11 is 1.46. The Hall–Kier alpha value is -1.30. The van der Waals surface area contributed by atoms with Crippen LogP contribution in [-0.2, 0) is 6.54 Å². The van der Waals surface area contributed by atoms with Crippen LogP contribution in [0, 0.1) is 5.82 Å². The second kappa shape index (κ2) is 6.92. The van der Waals surface area contributed by atoms with Gasteiger partial charge < -0.3 is 10.0 Å². The predicted octanol–water partition coefficient (Wildman–Crippen LogP) is 3.15. The number of aliphatic hydroxyl groups is 1. The second-order valence-electron chi connectivity index (χ2n) is 5.00. The number of nitrogens with zero attached hydrogens (tertiary/aromatic N) is 2. The SMILES string of the molecule is CC(O)CCN(C)Cc1csc(-c2ccccc2F)n1. The molecule has 0 saturated heterocycles. The molecule has 5 heteroatoms. The highest BCUT2D eigenvalue weighted by molar-refractivity contribution is 7.13. The van der Waals surface area contributed by atoms with E-state index in [0.29, 0.717) is 17.1 Å². The van der Waals surface area contributed by atoms with E-state index in [9.17, 15) is 9.50 Å². The van der Waals surface area contributed by atoms with Crippen molar-refractivity contribution in [1.82, 2.24) is 9.88 Å². The van der Waals surface area contributed by atoms with E-state index in [2.05, 4.69) is 9.88 Å². The normalized spacial score (nSPS) is 12.8. The van der Waals surface area contributed by atoms with Gasteiger partial charge in [0, 0.05) is 24.0 Å². The minimum absolute atomic E-state index is 0.240. The molecule has 1 atom stereocenters. The van der Waals surface area contributed by atoms with E-state index in [1.807, 2.05) is 18.5 Å². The summed E-state index contributed by atoms with van der Waals surface area (Å²) in [7, 11) is 1.99. The lowest BCUT2D eigenvalue weighted by molar-refractivity contribution is 0.162. The van der Waals surface area contributed by atoms with Gasteiger partial charge in [-0.15, -0.1) is 11.3 Å². The fourth-order valence-electron chi connectivity index (χ4n) is 1.90. The van der Waals surface area contributed by atoms with Crippen LogP contribution in [0.1, 0.15) is 19.0 Å². The summed E-state index contributed by atoms with van der Waals surface area (Å²) in [6, 6.07) is 6.69. The van der Waals surface area contributed by atoms with Crippen molar-refractivity contribution in [3.63, 3.8) is 0 Å². The van der Waals surface area contributed by atoms with E-state index in [1.54, 1.807) is 19.1 Å². The first-order chi connectivity index (χ1) is 9.56. The van der Waals surface area contributed by atoms with Gasteiger partial charge in [0.05, 0.1) is 11.8 Å². The maximum Gasteiger partial charge on any atom is 0.133 e. The fraction of sp³-hybridized carbons (Fsp3) is 0.400. The van der Waals surface area contributed by atoms with E-state index in [4.69, 9.17) is 0 Å². The molecule has 0 spiro atoms. The molecule has 0 fully saturated rings. The predicted molar refractivity (Wildman–Crippen MR) is 80.1 cm³/mol. The van der Waals surface area contributed by atoms with Crippen LogP contribution >= 0.6 is 11.3 Å². The molecule has 1 N–H and O–H groups in total. The molecule has 1 heterocycles. The van der Waals surface area contributed by atoms with Crippen molar-refractivity contribution in [1.29, 1.82) is 0 Å². The van der Waals surface area contributed by atoms with Crippen molar-refractivity contribution in [2.45, 2.75) is 26.0 Å². The van der Waals surface area contributed by atoms with Gasteiger partial charge in [0.25, 0.3) is 0 Å². The largest absolute Gasteiger partial charge is 0.393 e. The quantitative estimate of drug-likeness (QED) is 0.889. The van der Waals surface area contributed by atoms with Crippen molar-refractivity contribution in [2.24, 2.45) is 0 Å². The number of thiazole rings is 1. The Morgan fingerprint density at radius 2 is 2.15 bits per heavy atom. The van der Waals surface area contributed by atoms with E-state index in [0.717, 1.165) is 18.7 Å². The van der Waals surface area contributed by atoms with Crippen LogP contribution in [0.25, 0.3) is 10.6 Å². The average molecular weight is 294 g/mol. The van der Waals surface area contributed by atoms with Crippen LogP contribution in [0.15, 0.2) is 29.6 Å². The van der Waals surface area contributed by atoms with Crippen LogP contribution < -0.4 is 0 Å². The fourth-order valence-corrected chi connectivity index (χ4v) is 2.74. The van der Waals surface area contributed by atoms with Gasteiger partial charge in [-0.1, -0.05) is 12.1 Å².